The van der Waals surface area contributed by atoms with Crippen molar-refractivity contribution in [1.82, 2.24) is 20.0 Å². The Hall–Kier alpha value is -2.44. The van der Waals surface area contributed by atoms with E-state index in [2.05, 4.69) is 15.1 Å². The highest BCUT2D eigenvalue weighted by atomic mass is 16.5. The molecule has 0 aliphatic carbocycles. The fraction of sp³-hybridized carbons (Fsp3) is 0.467. The zero-order valence-electron chi connectivity index (χ0n) is 12.6. The van der Waals surface area contributed by atoms with Crippen LogP contribution in [0.4, 0.5) is 0 Å². The summed E-state index contributed by atoms with van der Waals surface area (Å²) in [5.74, 6) is 1.58. The molecular formula is C15H18N4O3. The van der Waals surface area contributed by atoms with Gasteiger partial charge in [-0.3, -0.25) is 9.78 Å². The Morgan fingerprint density at radius 1 is 1.55 bits per heavy atom. The summed E-state index contributed by atoms with van der Waals surface area (Å²) in [7, 11) is 0. The van der Waals surface area contributed by atoms with Gasteiger partial charge in [-0.1, -0.05) is 5.16 Å². The third-order valence-electron chi connectivity index (χ3n) is 3.67. The zero-order chi connectivity index (χ0) is 15.5. The van der Waals surface area contributed by atoms with Crippen LogP contribution in [0.25, 0.3) is 0 Å². The second-order valence-electron chi connectivity index (χ2n) is 5.31. The standard InChI is InChI=1S/C15H18N4O3/c1-10(21-12-5-3-7-16-9-12)15(20)19-8-4-6-13(19)14-17-11(2)22-18-14/h3,5,7,9-10,13H,4,6,8H2,1-2H3/t10-,13+/m1/s1. The third-order valence-corrected chi connectivity index (χ3v) is 3.67. The van der Waals surface area contributed by atoms with E-state index >= 15 is 0 Å². The van der Waals surface area contributed by atoms with Crippen LogP contribution >= 0.6 is 0 Å². The fourth-order valence-electron chi connectivity index (χ4n) is 2.65. The molecule has 0 saturated carbocycles. The van der Waals surface area contributed by atoms with Crippen LogP contribution in [0.3, 0.4) is 0 Å². The average Bonchev–Trinajstić information content (AvgIpc) is 3.15. The smallest absolute Gasteiger partial charge is 0.263 e. The minimum absolute atomic E-state index is 0.0752. The number of hydrogen-bond acceptors (Lipinski definition) is 6. The van der Waals surface area contributed by atoms with Crippen molar-refractivity contribution in [3.8, 4) is 5.75 Å². The first-order chi connectivity index (χ1) is 10.6. The van der Waals surface area contributed by atoms with Gasteiger partial charge in [0.05, 0.1) is 12.2 Å². The average molecular weight is 302 g/mol. The van der Waals surface area contributed by atoms with Gasteiger partial charge in [0.2, 0.25) is 5.89 Å². The molecule has 2 aromatic heterocycles. The minimum atomic E-state index is -0.585. The summed E-state index contributed by atoms with van der Waals surface area (Å²) in [6, 6.07) is 3.42. The summed E-state index contributed by atoms with van der Waals surface area (Å²) in [6.45, 7) is 4.16. The van der Waals surface area contributed by atoms with Crippen molar-refractivity contribution in [2.75, 3.05) is 6.54 Å². The van der Waals surface area contributed by atoms with Crippen LogP contribution in [0.5, 0.6) is 5.75 Å². The van der Waals surface area contributed by atoms with E-state index in [9.17, 15) is 4.79 Å². The van der Waals surface area contributed by atoms with Crippen LogP contribution in [0, 0.1) is 6.92 Å². The predicted octanol–water partition coefficient (Wildman–Crippen LogP) is 1.90. The molecule has 0 bridgehead atoms. The molecule has 7 heteroatoms. The molecule has 2 aromatic rings. The van der Waals surface area contributed by atoms with E-state index in [1.54, 1.807) is 43.3 Å². The summed E-state index contributed by atoms with van der Waals surface area (Å²) in [6.07, 6.45) is 4.42. The van der Waals surface area contributed by atoms with E-state index < -0.39 is 6.10 Å². The van der Waals surface area contributed by atoms with Gasteiger partial charge in [0.25, 0.3) is 5.91 Å². The highest BCUT2D eigenvalue weighted by molar-refractivity contribution is 5.81. The first kappa shape index (κ1) is 14.5. The van der Waals surface area contributed by atoms with Crippen LogP contribution in [-0.2, 0) is 4.79 Å². The molecule has 1 saturated heterocycles. The lowest BCUT2D eigenvalue weighted by Crippen LogP contribution is -2.40. The topological polar surface area (TPSA) is 81.4 Å². The number of aryl methyl sites for hydroxylation is 1. The predicted molar refractivity (Wildman–Crippen MR) is 77.1 cm³/mol. The molecule has 22 heavy (non-hydrogen) atoms. The maximum atomic E-state index is 12.6. The molecule has 0 spiro atoms. The summed E-state index contributed by atoms with van der Waals surface area (Å²) in [4.78, 5) is 22.6. The normalized spacial score (nSPS) is 19.2. The number of carbonyl (C=O) groups is 1. The maximum absolute atomic E-state index is 12.6. The van der Waals surface area contributed by atoms with Crippen LogP contribution in [0.15, 0.2) is 29.0 Å². The molecule has 3 rings (SSSR count). The fourth-order valence-corrected chi connectivity index (χ4v) is 2.65. The second-order valence-corrected chi connectivity index (χ2v) is 5.31. The Balaban J connectivity index is 1.70. The summed E-state index contributed by atoms with van der Waals surface area (Å²) in [5, 5.41) is 3.94. The first-order valence-corrected chi connectivity index (χ1v) is 7.32. The van der Waals surface area contributed by atoms with E-state index in [4.69, 9.17) is 9.26 Å². The Bertz CT molecular complexity index is 643. The Kier molecular flexibility index (Phi) is 4.04. The van der Waals surface area contributed by atoms with Gasteiger partial charge < -0.3 is 14.2 Å². The van der Waals surface area contributed by atoms with E-state index in [1.807, 2.05) is 0 Å². The van der Waals surface area contributed by atoms with E-state index in [-0.39, 0.29) is 11.9 Å². The summed E-state index contributed by atoms with van der Waals surface area (Å²) < 4.78 is 10.7. The molecule has 0 aromatic carbocycles. The molecule has 1 fully saturated rings. The lowest BCUT2D eigenvalue weighted by molar-refractivity contribution is -0.139. The molecule has 1 aliphatic heterocycles. The molecular weight excluding hydrogens is 284 g/mol. The van der Waals surface area contributed by atoms with E-state index in [1.165, 1.54) is 0 Å². The third kappa shape index (κ3) is 2.93. The number of likely N-dealkylation sites (tertiary alicyclic amines) is 1. The number of carbonyl (C=O) groups excluding carboxylic acids is 1. The Morgan fingerprint density at radius 2 is 2.41 bits per heavy atom. The zero-order valence-corrected chi connectivity index (χ0v) is 12.6. The molecule has 0 N–H and O–H groups in total. The minimum Gasteiger partial charge on any atom is -0.479 e. The molecule has 0 radical (unpaired) electrons. The molecule has 3 heterocycles. The van der Waals surface area contributed by atoms with Crippen LogP contribution in [0.1, 0.15) is 37.5 Å². The van der Waals surface area contributed by atoms with Crippen molar-refractivity contribution in [2.45, 2.75) is 38.8 Å². The number of ether oxygens (including phenoxy) is 1. The van der Waals surface area contributed by atoms with Gasteiger partial charge in [0, 0.05) is 19.7 Å². The van der Waals surface area contributed by atoms with Crippen molar-refractivity contribution in [3.05, 3.63) is 36.2 Å². The van der Waals surface area contributed by atoms with Gasteiger partial charge in [0.1, 0.15) is 5.75 Å². The van der Waals surface area contributed by atoms with Crippen LogP contribution in [-0.4, -0.2) is 38.6 Å². The Morgan fingerprint density at radius 3 is 3.09 bits per heavy atom. The number of rotatable bonds is 4. The maximum Gasteiger partial charge on any atom is 0.263 e. The van der Waals surface area contributed by atoms with Crippen molar-refractivity contribution < 1.29 is 14.1 Å². The van der Waals surface area contributed by atoms with Gasteiger partial charge >= 0.3 is 0 Å². The lowest BCUT2D eigenvalue weighted by atomic mass is 10.2. The molecule has 2 atom stereocenters. The number of pyridine rings is 1. The molecule has 1 aliphatic rings. The van der Waals surface area contributed by atoms with Crippen LogP contribution in [0.2, 0.25) is 0 Å². The van der Waals surface area contributed by atoms with Crippen molar-refractivity contribution in [2.24, 2.45) is 0 Å². The van der Waals surface area contributed by atoms with E-state index in [0.29, 0.717) is 24.0 Å². The van der Waals surface area contributed by atoms with Crippen LogP contribution < -0.4 is 4.74 Å². The molecule has 7 nitrogen and oxygen atoms in total. The quantitative estimate of drug-likeness (QED) is 0.858. The first-order valence-electron chi connectivity index (χ1n) is 7.32. The van der Waals surface area contributed by atoms with Gasteiger partial charge in [-0.15, -0.1) is 0 Å². The van der Waals surface area contributed by atoms with Gasteiger partial charge in [0.15, 0.2) is 11.9 Å². The van der Waals surface area contributed by atoms with Crippen molar-refractivity contribution >= 4 is 5.91 Å². The lowest BCUT2D eigenvalue weighted by Gasteiger charge is -2.25. The highest BCUT2D eigenvalue weighted by Gasteiger charge is 2.35. The number of amides is 1. The van der Waals surface area contributed by atoms with Gasteiger partial charge in [-0.25, -0.2) is 0 Å². The summed E-state index contributed by atoms with van der Waals surface area (Å²) >= 11 is 0. The number of aromatic nitrogens is 3. The summed E-state index contributed by atoms with van der Waals surface area (Å²) in [5.41, 5.74) is 0. The number of hydrogen-bond donors (Lipinski definition) is 0. The van der Waals surface area contributed by atoms with Gasteiger partial charge in [-0.05, 0) is 31.9 Å². The monoisotopic (exact) mass is 302 g/mol. The highest BCUT2D eigenvalue weighted by Crippen LogP contribution is 2.31. The van der Waals surface area contributed by atoms with Crippen molar-refractivity contribution in [1.29, 1.82) is 0 Å². The SMILES string of the molecule is Cc1nc([C@@H]2CCCN2C(=O)[C@@H](C)Oc2cccnc2)no1. The molecule has 0 unspecified atom stereocenters. The Labute approximate surface area is 128 Å². The molecule has 116 valence electrons. The van der Waals surface area contributed by atoms with Crippen molar-refractivity contribution in [3.63, 3.8) is 0 Å². The second kappa shape index (κ2) is 6.13. The number of nitrogens with zero attached hydrogens (tertiary/aromatic N) is 4. The molecule has 1 amide bonds. The van der Waals surface area contributed by atoms with E-state index in [0.717, 1.165) is 12.8 Å². The van der Waals surface area contributed by atoms with Gasteiger partial charge in [-0.2, -0.15) is 4.98 Å². The largest absolute Gasteiger partial charge is 0.479 e.